The molecule has 5 nitrogen and oxygen atoms in total. The van der Waals surface area contributed by atoms with Gasteiger partial charge in [0, 0.05) is 17.6 Å². The molecule has 1 aromatic carbocycles. The van der Waals surface area contributed by atoms with Gasteiger partial charge >= 0.3 is 6.18 Å². The van der Waals surface area contributed by atoms with Crippen molar-refractivity contribution in [2.75, 3.05) is 0 Å². The number of alkyl halides is 3. The Morgan fingerprint density at radius 3 is 2.47 bits per heavy atom. The lowest BCUT2D eigenvalue weighted by atomic mass is 9.87. The SMILES string of the molecule is CC1CCCCC1NS(=O)(=O)c1ccc(-c2ccnc3[nH]c(C(F)(F)F)cc23)cc1. The van der Waals surface area contributed by atoms with Crippen LogP contribution in [0.3, 0.4) is 0 Å². The van der Waals surface area contributed by atoms with Crippen LogP contribution in [0.2, 0.25) is 0 Å². The van der Waals surface area contributed by atoms with Crippen LogP contribution >= 0.6 is 0 Å². The molecule has 0 saturated heterocycles. The summed E-state index contributed by atoms with van der Waals surface area (Å²) in [6.07, 6.45) is 0.862. The molecule has 0 aliphatic heterocycles. The van der Waals surface area contributed by atoms with Crippen molar-refractivity contribution >= 4 is 21.1 Å². The predicted molar refractivity (Wildman–Crippen MR) is 108 cm³/mol. The second-order valence-corrected chi connectivity index (χ2v) is 9.53. The van der Waals surface area contributed by atoms with E-state index >= 15 is 0 Å². The third kappa shape index (κ3) is 4.09. The second kappa shape index (κ2) is 7.70. The molecule has 1 saturated carbocycles. The lowest BCUT2D eigenvalue weighted by molar-refractivity contribution is -0.140. The molecule has 3 aromatic rings. The fraction of sp³-hybridized carbons (Fsp3) is 0.381. The number of hydrogen-bond donors (Lipinski definition) is 2. The van der Waals surface area contributed by atoms with E-state index in [1.165, 1.54) is 18.3 Å². The van der Waals surface area contributed by atoms with Crippen LogP contribution in [0.4, 0.5) is 13.2 Å². The molecule has 0 spiro atoms. The highest BCUT2D eigenvalue weighted by atomic mass is 32.2. The monoisotopic (exact) mass is 437 g/mol. The number of sulfonamides is 1. The zero-order valence-electron chi connectivity index (χ0n) is 16.3. The van der Waals surface area contributed by atoms with Gasteiger partial charge in [-0.2, -0.15) is 13.2 Å². The summed E-state index contributed by atoms with van der Waals surface area (Å²) in [5, 5.41) is 0.328. The molecule has 2 atom stereocenters. The number of rotatable bonds is 4. The van der Waals surface area contributed by atoms with E-state index in [1.54, 1.807) is 18.2 Å². The Hall–Kier alpha value is -2.39. The number of nitrogens with one attached hydrogen (secondary N) is 2. The van der Waals surface area contributed by atoms with Gasteiger partial charge < -0.3 is 4.98 Å². The molecule has 1 aliphatic carbocycles. The lowest BCUT2D eigenvalue weighted by Gasteiger charge is -2.29. The molecule has 1 aliphatic rings. The van der Waals surface area contributed by atoms with Crippen molar-refractivity contribution in [2.24, 2.45) is 5.92 Å². The number of aromatic nitrogens is 2. The number of H-pyrrole nitrogens is 1. The van der Waals surface area contributed by atoms with Gasteiger partial charge in [0.05, 0.1) is 4.90 Å². The van der Waals surface area contributed by atoms with Crippen LogP contribution in [0, 0.1) is 5.92 Å². The van der Waals surface area contributed by atoms with Gasteiger partial charge in [0.1, 0.15) is 11.3 Å². The molecule has 1 fully saturated rings. The van der Waals surface area contributed by atoms with E-state index in [0.717, 1.165) is 31.7 Å². The van der Waals surface area contributed by atoms with E-state index < -0.39 is 21.9 Å². The van der Waals surface area contributed by atoms with E-state index in [0.29, 0.717) is 16.5 Å². The first-order valence-corrected chi connectivity index (χ1v) is 11.3. The van der Waals surface area contributed by atoms with Gasteiger partial charge in [-0.1, -0.05) is 31.9 Å². The molecule has 0 bridgehead atoms. The molecule has 2 unspecified atom stereocenters. The third-order valence-electron chi connectivity index (χ3n) is 5.73. The summed E-state index contributed by atoms with van der Waals surface area (Å²) < 4.78 is 67.4. The quantitative estimate of drug-likeness (QED) is 0.596. The number of benzene rings is 1. The average Bonchev–Trinajstić information content (AvgIpc) is 3.15. The van der Waals surface area contributed by atoms with Crippen molar-refractivity contribution in [3.05, 3.63) is 48.3 Å². The van der Waals surface area contributed by atoms with Crippen LogP contribution in [-0.4, -0.2) is 24.4 Å². The molecule has 9 heteroatoms. The van der Waals surface area contributed by atoms with E-state index in [9.17, 15) is 21.6 Å². The highest BCUT2D eigenvalue weighted by Crippen LogP contribution is 2.35. The lowest BCUT2D eigenvalue weighted by Crippen LogP contribution is -2.40. The number of pyridine rings is 1. The van der Waals surface area contributed by atoms with Crippen LogP contribution < -0.4 is 4.72 Å². The minimum atomic E-state index is -4.50. The Bertz CT molecular complexity index is 1150. The number of nitrogens with zero attached hydrogens (tertiary/aromatic N) is 1. The zero-order chi connectivity index (χ0) is 21.5. The van der Waals surface area contributed by atoms with Crippen molar-refractivity contribution in [3.8, 4) is 11.1 Å². The molecular weight excluding hydrogens is 415 g/mol. The molecule has 2 aromatic heterocycles. The maximum Gasteiger partial charge on any atom is 0.431 e. The van der Waals surface area contributed by atoms with E-state index in [-0.39, 0.29) is 22.5 Å². The fourth-order valence-corrected chi connectivity index (χ4v) is 5.38. The minimum absolute atomic E-state index is 0.0797. The summed E-state index contributed by atoms with van der Waals surface area (Å²) in [5.41, 5.74) is 0.414. The van der Waals surface area contributed by atoms with Crippen LogP contribution in [0.15, 0.2) is 47.5 Å². The molecule has 4 rings (SSSR count). The Kier molecular flexibility index (Phi) is 5.36. The standard InChI is InChI=1S/C21H22F3N3O2S/c1-13-4-2-3-5-18(13)27-30(28,29)15-8-6-14(7-9-15)16-10-11-25-20-17(16)12-19(26-20)21(22,23)24/h6-13,18,27H,2-5H2,1H3,(H,25,26). The number of hydrogen-bond acceptors (Lipinski definition) is 3. The highest BCUT2D eigenvalue weighted by molar-refractivity contribution is 7.89. The Morgan fingerprint density at radius 2 is 1.80 bits per heavy atom. The molecule has 160 valence electrons. The maximum absolute atomic E-state index is 13.0. The van der Waals surface area contributed by atoms with Gasteiger partial charge in [-0.05, 0) is 54.2 Å². The van der Waals surface area contributed by atoms with Gasteiger partial charge in [0.25, 0.3) is 0 Å². The first-order valence-electron chi connectivity index (χ1n) is 9.83. The largest absolute Gasteiger partial charge is 0.431 e. The normalized spacial score (nSPS) is 20.5. The Morgan fingerprint density at radius 1 is 1.10 bits per heavy atom. The predicted octanol–water partition coefficient (Wildman–Crippen LogP) is 5.11. The van der Waals surface area contributed by atoms with E-state index in [2.05, 4.69) is 21.6 Å². The first-order chi connectivity index (χ1) is 14.1. The smallest absolute Gasteiger partial charge is 0.336 e. The summed E-state index contributed by atoms with van der Waals surface area (Å²) >= 11 is 0. The number of aromatic amines is 1. The number of fused-ring (bicyclic) bond motifs is 1. The van der Waals surface area contributed by atoms with Gasteiger partial charge in [-0.15, -0.1) is 0 Å². The van der Waals surface area contributed by atoms with Gasteiger partial charge in [0.15, 0.2) is 0 Å². The van der Waals surface area contributed by atoms with Crippen LogP contribution in [0.1, 0.15) is 38.3 Å². The molecule has 30 heavy (non-hydrogen) atoms. The molecular formula is C21H22F3N3O2S. The molecule has 0 radical (unpaired) electrons. The van der Waals surface area contributed by atoms with Crippen molar-refractivity contribution in [3.63, 3.8) is 0 Å². The first kappa shape index (κ1) is 20.9. The van der Waals surface area contributed by atoms with Crippen molar-refractivity contribution in [1.82, 2.24) is 14.7 Å². The maximum atomic E-state index is 13.0. The Labute approximate surface area is 172 Å². The van der Waals surface area contributed by atoms with Crippen molar-refractivity contribution in [1.29, 1.82) is 0 Å². The van der Waals surface area contributed by atoms with Gasteiger partial charge in [-0.3, -0.25) is 0 Å². The van der Waals surface area contributed by atoms with E-state index in [1.807, 2.05) is 0 Å². The number of halogens is 3. The van der Waals surface area contributed by atoms with Crippen LogP contribution in [0.5, 0.6) is 0 Å². The van der Waals surface area contributed by atoms with Crippen molar-refractivity contribution < 1.29 is 21.6 Å². The average molecular weight is 437 g/mol. The van der Waals surface area contributed by atoms with Gasteiger partial charge in [-0.25, -0.2) is 18.1 Å². The topological polar surface area (TPSA) is 74.8 Å². The summed E-state index contributed by atoms with van der Waals surface area (Å²) in [5.74, 6) is 0.286. The van der Waals surface area contributed by atoms with E-state index in [4.69, 9.17) is 0 Å². The van der Waals surface area contributed by atoms with Gasteiger partial charge in [0.2, 0.25) is 10.0 Å². The third-order valence-corrected chi connectivity index (χ3v) is 7.24. The molecule has 0 amide bonds. The fourth-order valence-electron chi connectivity index (χ4n) is 4.00. The summed E-state index contributed by atoms with van der Waals surface area (Å²) in [7, 11) is -3.67. The van der Waals surface area contributed by atoms with Crippen molar-refractivity contribution in [2.45, 2.75) is 49.7 Å². The summed E-state index contributed by atoms with van der Waals surface area (Å²) in [4.78, 5) is 6.40. The second-order valence-electron chi connectivity index (χ2n) is 7.82. The molecule has 2 heterocycles. The summed E-state index contributed by atoms with van der Waals surface area (Å²) in [6, 6.07) is 8.73. The zero-order valence-corrected chi connectivity index (χ0v) is 17.1. The molecule has 2 N–H and O–H groups in total. The van der Waals surface area contributed by atoms with Crippen LogP contribution in [-0.2, 0) is 16.2 Å². The minimum Gasteiger partial charge on any atom is -0.336 e. The highest BCUT2D eigenvalue weighted by Gasteiger charge is 2.33. The Balaban J connectivity index is 1.63. The summed E-state index contributed by atoms with van der Waals surface area (Å²) in [6.45, 7) is 2.05. The van der Waals surface area contributed by atoms with Crippen LogP contribution in [0.25, 0.3) is 22.2 Å².